The number of rotatable bonds is 7. The number of hydrogen-bond donors (Lipinski definition) is 2. The fourth-order valence-electron chi connectivity index (χ4n) is 3.23. The van der Waals surface area contributed by atoms with Crippen LogP contribution in [0.5, 0.6) is 0 Å². The predicted molar refractivity (Wildman–Crippen MR) is 105 cm³/mol. The highest BCUT2D eigenvalue weighted by Crippen LogP contribution is 2.24. The van der Waals surface area contributed by atoms with E-state index < -0.39 is 16.1 Å². The topological polar surface area (TPSA) is 71.3 Å². The molecule has 2 aromatic carbocycles. The van der Waals surface area contributed by atoms with E-state index in [1.807, 2.05) is 13.0 Å². The minimum atomic E-state index is -3.77. The summed E-state index contributed by atoms with van der Waals surface area (Å²) in [7, 11) is -3.77. The number of aryl methyl sites for hydroxylation is 1. The van der Waals surface area contributed by atoms with Crippen molar-refractivity contribution < 1.29 is 35.6 Å². The van der Waals surface area contributed by atoms with E-state index in [4.69, 9.17) is 4.74 Å². The van der Waals surface area contributed by atoms with Crippen LogP contribution in [0.2, 0.25) is 0 Å². The van der Waals surface area contributed by atoms with Gasteiger partial charge in [0.2, 0.25) is 0 Å². The highest BCUT2D eigenvalue weighted by molar-refractivity contribution is 7.92. The number of aliphatic hydroxyl groups is 1. The van der Waals surface area contributed by atoms with Crippen LogP contribution in [0.15, 0.2) is 59.5 Å². The van der Waals surface area contributed by atoms with Gasteiger partial charge in [0.1, 0.15) is 25.7 Å². The molecule has 2 aromatic rings. The molecule has 0 spiro atoms. The first kappa shape index (κ1) is 22.6. The SMILES string of the molecule is Cc1ccc(S(=O)(=O)N(CC(O)C[NH+]2CCOCC2)c2ccccc2)cc1.[Cl-]. The first-order valence-corrected chi connectivity index (χ1v) is 10.6. The van der Waals surface area contributed by atoms with Crippen molar-refractivity contribution in [3.05, 3.63) is 60.2 Å². The summed E-state index contributed by atoms with van der Waals surface area (Å²) >= 11 is 0. The second-order valence-electron chi connectivity index (χ2n) is 6.91. The van der Waals surface area contributed by atoms with Crippen LogP contribution in [0.4, 0.5) is 5.69 Å². The van der Waals surface area contributed by atoms with Gasteiger partial charge in [-0.25, -0.2) is 8.42 Å². The van der Waals surface area contributed by atoms with E-state index in [0.717, 1.165) is 18.7 Å². The van der Waals surface area contributed by atoms with Gasteiger partial charge in [-0.3, -0.25) is 4.31 Å². The minimum absolute atomic E-state index is 0. The molecule has 0 saturated carbocycles. The Kier molecular flexibility index (Phi) is 8.27. The number of nitrogens with zero attached hydrogens (tertiary/aromatic N) is 1. The van der Waals surface area contributed by atoms with Crippen molar-refractivity contribution in [2.45, 2.75) is 17.9 Å². The first-order chi connectivity index (χ1) is 13.0. The lowest BCUT2D eigenvalue weighted by Gasteiger charge is -2.30. The Morgan fingerprint density at radius 1 is 1.07 bits per heavy atom. The molecule has 1 heterocycles. The number of morpholine rings is 1. The Balaban J connectivity index is 0.00000280. The van der Waals surface area contributed by atoms with Gasteiger partial charge in [0.05, 0.1) is 30.3 Å². The molecule has 0 radical (unpaired) electrons. The maximum atomic E-state index is 13.3. The van der Waals surface area contributed by atoms with Gasteiger partial charge in [0.25, 0.3) is 10.0 Å². The Bertz CT molecular complexity index is 825. The third kappa shape index (κ3) is 5.68. The fraction of sp³-hybridized carbons (Fsp3) is 0.400. The summed E-state index contributed by atoms with van der Waals surface area (Å²) in [4.78, 5) is 1.46. The molecule has 1 aliphatic rings. The third-order valence-corrected chi connectivity index (χ3v) is 6.56. The van der Waals surface area contributed by atoms with Crippen molar-refractivity contribution in [1.82, 2.24) is 0 Å². The van der Waals surface area contributed by atoms with E-state index in [-0.39, 0.29) is 23.8 Å². The van der Waals surface area contributed by atoms with Crippen molar-refractivity contribution in [3.8, 4) is 0 Å². The molecule has 0 aromatic heterocycles. The van der Waals surface area contributed by atoms with Gasteiger partial charge >= 0.3 is 0 Å². The molecule has 6 nitrogen and oxygen atoms in total. The van der Waals surface area contributed by atoms with E-state index in [9.17, 15) is 13.5 Å². The molecule has 3 rings (SSSR count). The molecular formula is C20H27ClN2O4S. The van der Waals surface area contributed by atoms with Gasteiger partial charge < -0.3 is 27.2 Å². The quantitative estimate of drug-likeness (QED) is 0.512. The molecule has 1 aliphatic heterocycles. The summed E-state index contributed by atoms with van der Waals surface area (Å²) < 4.78 is 33.2. The zero-order valence-corrected chi connectivity index (χ0v) is 17.5. The van der Waals surface area contributed by atoms with Crippen LogP contribution in [0.1, 0.15) is 5.56 Å². The smallest absolute Gasteiger partial charge is 0.264 e. The van der Waals surface area contributed by atoms with Crippen molar-refractivity contribution >= 4 is 15.7 Å². The molecule has 154 valence electrons. The van der Waals surface area contributed by atoms with Gasteiger partial charge in [-0.2, -0.15) is 0 Å². The van der Waals surface area contributed by atoms with Crippen molar-refractivity contribution in [2.24, 2.45) is 0 Å². The molecule has 0 bridgehead atoms. The number of para-hydroxylation sites is 1. The van der Waals surface area contributed by atoms with Crippen molar-refractivity contribution in [2.75, 3.05) is 43.7 Å². The minimum Gasteiger partial charge on any atom is -1.00 e. The van der Waals surface area contributed by atoms with Crippen LogP contribution in [0, 0.1) is 6.92 Å². The lowest BCUT2D eigenvalue weighted by Crippen LogP contribution is -3.15. The average molecular weight is 427 g/mol. The maximum absolute atomic E-state index is 13.3. The largest absolute Gasteiger partial charge is 1.00 e. The molecular weight excluding hydrogens is 400 g/mol. The molecule has 2 N–H and O–H groups in total. The summed E-state index contributed by atoms with van der Waals surface area (Å²) in [6.45, 7) is 5.43. The lowest BCUT2D eigenvalue weighted by atomic mass is 10.2. The third-order valence-electron chi connectivity index (χ3n) is 4.75. The molecule has 8 heteroatoms. The van der Waals surface area contributed by atoms with Crippen molar-refractivity contribution in [3.63, 3.8) is 0 Å². The van der Waals surface area contributed by atoms with Gasteiger partial charge in [0.15, 0.2) is 0 Å². The number of nitrogens with one attached hydrogen (secondary N) is 1. The molecule has 1 atom stereocenters. The zero-order chi connectivity index (χ0) is 19.3. The Labute approximate surface area is 173 Å². The summed E-state index contributed by atoms with van der Waals surface area (Å²) in [5.41, 5.74) is 1.55. The number of halogens is 1. The number of aliphatic hydroxyl groups excluding tert-OH is 1. The van der Waals surface area contributed by atoms with Crippen molar-refractivity contribution in [1.29, 1.82) is 0 Å². The van der Waals surface area contributed by atoms with Crippen LogP contribution >= 0.6 is 0 Å². The standard InChI is InChI=1S/C20H26N2O4S.ClH/c1-17-7-9-20(10-8-17)27(24,25)22(18-5-3-2-4-6-18)16-19(23)15-21-11-13-26-14-12-21;/h2-10,19,23H,11-16H2,1H3;1H. The molecule has 1 fully saturated rings. The maximum Gasteiger partial charge on any atom is 0.264 e. The molecule has 0 aliphatic carbocycles. The Morgan fingerprint density at radius 3 is 2.29 bits per heavy atom. The highest BCUT2D eigenvalue weighted by Gasteiger charge is 2.29. The summed E-state index contributed by atoms with van der Waals surface area (Å²) in [6.07, 6.45) is -0.765. The van der Waals surface area contributed by atoms with Gasteiger partial charge in [-0.15, -0.1) is 0 Å². The second-order valence-corrected chi connectivity index (χ2v) is 8.77. The van der Waals surface area contributed by atoms with E-state index in [2.05, 4.69) is 0 Å². The Morgan fingerprint density at radius 2 is 1.68 bits per heavy atom. The number of hydrogen-bond acceptors (Lipinski definition) is 4. The molecule has 28 heavy (non-hydrogen) atoms. The number of anilines is 1. The van der Waals surface area contributed by atoms with Crippen LogP contribution in [-0.4, -0.2) is 59.0 Å². The lowest BCUT2D eigenvalue weighted by molar-refractivity contribution is -0.910. The van der Waals surface area contributed by atoms with E-state index >= 15 is 0 Å². The number of benzene rings is 2. The Hall–Kier alpha value is -1.64. The summed E-state index contributed by atoms with van der Waals surface area (Å²) in [5.74, 6) is 0. The normalized spacial score (nSPS) is 16.2. The average Bonchev–Trinajstić information content (AvgIpc) is 2.68. The highest BCUT2D eigenvalue weighted by atomic mass is 35.5. The fourth-order valence-corrected chi connectivity index (χ4v) is 4.73. The molecule has 1 unspecified atom stereocenters. The van der Waals surface area contributed by atoms with E-state index in [1.165, 1.54) is 9.21 Å². The summed E-state index contributed by atoms with van der Waals surface area (Å²) in [5, 5.41) is 10.6. The van der Waals surface area contributed by atoms with Gasteiger partial charge in [-0.1, -0.05) is 35.9 Å². The predicted octanol–water partition coefficient (Wildman–Crippen LogP) is -2.53. The second kappa shape index (κ2) is 10.2. The monoisotopic (exact) mass is 426 g/mol. The van der Waals surface area contributed by atoms with Crippen LogP contribution in [0.3, 0.4) is 0 Å². The number of ether oxygens (including phenoxy) is 1. The van der Waals surface area contributed by atoms with Crippen LogP contribution < -0.4 is 21.6 Å². The first-order valence-electron chi connectivity index (χ1n) is 9.20. The zero-order valence-electron chi connectivity index (χ0n) is 15.9. The van der Waals surface area contributed by atoms with E-state index in [1.54, 1.807) is 48.5 Å². The number of quaternary nitrogens is 1. The van der Waals surface area contributed by atoms with E-state index in [0.29, 0.717) is 25.4 Å². The van der Waals surface area contributed by atoms with Gasteiger partial charge in [0, 0.05) is 0 Å². The number of sulfonamides is 1. The molecule has 0 amide bonds. The van der Waals surface area contributed by atoms with Crippen LogP contribution in [-0.2, 0) is 14.8 Å². The van der Waals surface area contributed by atoms with Crippen LogP contribution in [0.25, 0.3) is 0 Å². The van der Waals surface area contributed by atoms with Gasteiger partial charge in [-0.05, 0) is 31.2 Å². The molecule has 1 saturated heterocycles. The summed E-state index contributed by atoms with van der Waals surface area (Å²) in [6, 6.07) is 15.7.